The van der Waals surface area contributed by atoms with Gasteiger partial charge in [-0.1, -0.05) is 15.9 Å². The van der Waals surface area contributed by atoms with Crippen LogP contribution in [0.5, 0.6) is 0 Å². The second-order valence-corrected chi connectivity index (χ2v) is 2.82. The predicted octanol–water partition coefficient (Wildman–Crippen LogP) is 0.964. The molecule has 0 aliphatic carbocycles. The molecule has 0 aromatic rings. The van der Waals surface area contributed by atoms with Crippen molar-refractivity contribution in [1.29, 1.82) is 0 Å². The Bertz CT molecular complexity index is 225. The maximum absolute atomic E-state index is 10.9. The molecular weight excluding hydrogens is 238 g/mol. The number of carbonyl (C=O) groups is 2. The molecule has 4 nitrogen and oxygen atoms in total. The van der Waals surface area contributed by atoms with Gasteiger partial charge in [0.15, 0.2) is 0 Å². The Balaban J connectivity index is 4.01. The van der Waals surface area contributed by atoms with Crippen LogP contribution in [0.4, 0.5) is 0 Å². The Kier molecular flexibility index (Phi) is 6.22. The number of esters is 1. The number of ether oxygens (including phenoxy) is 1. The van der Waals surface area contributed by atoms with Crippen LogP contribution in [0, 0.1) is 0 Å². The molecule has 0 radical (unpaired) electrons. The van der Waals surface area contributed by atoms with Crippen LogP contribution in [0.2, 0.25) is 0 Å². The van der Waals surface area contributed by atoms with Crippen LogP contribution in [-0.4, -0.2) is 23.8 Å². The van der Waals surface area contributed by atoms with Gasteiger partial charge in [-0.3, -0.25) is 4.79 Å². The normalized spacial score (nSPS) is 10.8. The molecule has 0 atom stereocenters. The Labute approximate surface area is 85.5 Å². The second-order valence-electron chi connectivity index (χ2n) is 2.26. The minimum absolute atomic E-state index is 0.196. The van der Waals surface area contributed by atoms with Crippen molar-refractivity contribution in [2.75, 3.05) is 11.9 Å². The molecular formula is C8H12BrNO3. The SMILES string of the molecule is CCOC(=O)/C=C(\C)NC(=O)CBr. The maximum atomic E-state index is 10.9. The fourth-order valence-corrected chi connectivity index (χ4v) is 0.790. The van der Waals surface area contributed by atoms with Gasteiger partial charge in [0.05, 0.1) is 11.9 Å². The highest BCUT2D eigenvalue weighted by Crippen LogP contribution is 1.90. The molecule has 0 aliphatic rings. The summed E-state index contributed by atoms with van der Waals surface area (Å²) in [6.45, 7) is 3.67. The molecule has 0 fully saturated rings. The van der Waals surface area contributed by atoms with Gasteiger partial charge < -0.3 is 10.1 Å². The molecule has 74 valence electrons. The van der Waals surface area contributed by atoms with Crippen LogP contribution in [0.3, 0.4) is 0 Å². The van der Waals surface area contributed by atoms with Crippen molar-refractivity contribution in [2.45, 2.75) is 13.8 Å². The van der Waals surface area contributed by atoms with Gasteiger partial charge in [0, 0.05) is 11.8 Å². The van der Waals surface area contributed by atoms with E-state index in [9.17, 15) is 9.59 Å². The van der Waals surface area contributed by atoms with Crippen molar-refractivity contribution in [3.8, 4) is 0 Å². The van der Waals surface area contributed by atoms with E-state index in [4.69, 9.17) is 0 Å². The molecule has 1 N–H and O–H groups in total. The standard InChI is InChI=1S/C8H12BrNO3/c1-3-13-8(12)4-6(2)10-7(11)5-9/h4H,3,5H2,1-2H3,(H,10,11)/b6-4+. The summed E-state index contributed by atoms with van der Waals surface area (Å²) in [6.07, 6.45) is 1.24. The van der Waals surface area contributed by atoms with Crippen molar-refractivity contribution >= 4 is 27.8 Å². The number of nitrogens with one attached hydrogen (secondary N) is 1. The number of amides is 1. The fourth-order valence-electron chi connectivity index (χ4n) is 0.650. The minimum Gasteiger partial charge on any atom is -0.463 e. The predicted molar refractivity (Wildman–Crippen MR) is 52.3 cm³/mol. The molecule has 0 unspecified atom stereocenters. The fraction of sp³-hybridized carbons (Fsp3) is 0.500. The molecule has 13 heavy (non-hydrogen) atoms. The molecule has 0 saturated carbocycles. The topological polar surface area (TPSA) is 55.4 Å². The summed E-state index contributed by atoms with van der Waals surface area (Å²) in [7, 11) is 0. The first kappa shape index (κ1) is 12.2. The highest BCUT2D eigenvalue weighted by Gasteiger charge is 2.01. The van der Waals surface area contributed by atoms with E-state index in [0.29, 0.717) is 12.3 Å². The lowest BCUT2D eigenvalue weighted by Gasteiger charge is -2.02. The summed E-state index contributed by atoms with van der Waals surface area (Å²) in [4.78, 5) is 21.7. The zero-order valence-electron chi connectivity index (χ0n) is 7.59. The monoisotopic (exact) mass is 249 g/mol. The van der Waals surface area contributed by atoms with E-state index in [0.717, 1.165) is 0 Å². The van der Waals surface area contributed by atoms with Crippen LogP contribution in [0.25, 0.3) is 0 Å². The lowest BCUT2D eigenvalue weighted by molar-refractivity contribution is -0.137. The van der Waals surface area contributed by atoms with E-state index < -0.39 is 5.97 Å². The summed E-state index contributed by atoms with van der Waals surface area (Å²) >= 11 is 2.98. The maximum Gasteiger partial charge on any atom is 0.332 e. The zero-order chi connectivity index (χ0) is 10.3. The summed E-state index contributed by atoms with van der Waals surface area (Å²) < 4.78 is 4.65. The third kappa shape index (κ3) is 6.33. The number of halogens is 1. The number of rotatable bonds is 4. The molecule has 0 saturated heterocycles. The lowest BCUT2D eigenvalue weighted by atomic mass is 10.4. The summed E-state index contributed by atoms with van der Waals surface area (Å²) in [5, 5.41) is 2.70. The van der Waals surface area contributed by atoms with Crippen LogP contribution in [0.15, 0.2) is 11.8 Å². The first-order chi connectivity index (χ1) is 6.10. The van der Waals surface area contributed by atoms with E-state index in [1.54, 1.807) is 13.8 Å². The molecule has 0 aromatic carbocycles. The van der Waals surface area contributed by atoms with Gasteiger partial charge in [-0.15, -0.1) is 0 Å². The van der Waals surface area contributed by atoms with Crippen molar-refractivity contribution in [2.24, 2.45) is 0 Å². The highest BCUT2D eigenvalue weighted by molar-refractivity contribution is 9.09. The average Bonchev–Trinajstić information content (AvgIpc) is 2.04. The molecule has 5 heteroatoms. The molecule has 0 aliphatic heterocycles. The number of alkyl halides is 1. The van der Waals surface area contributed by atoms with Gasteiger partial charge in [-0.25, -0.2) is 4.79 Å². The van der Waals surface area contributed by atoms with Gasteiger partial charge in [-0.2, -0.15) is 0 Å². The molecule has 0 bridgehead atoms. The Morgan fingerprint density at radius 2 is 2.15 bits per heavy atom. The number of allylic oxidation sites excluding steroid dienone is 1. The van der Waals surface area contributed by atoms with E-state index in [1.165, 1.54) is 6.08 Å². The molecule has 0 aromatic heterocycles. The van der Waals surface area contributed by atoms with Crippen molar-refractivity contribution in [3.05, 3.63) is 11.8 Å². The van der Waals surface area contributed by atoms with Gasteiger partial charge in [0.1, 0.15) is 0 Å². The van der Waals surface area contributed by atoms with Gasteiger partial charge in [0.2, 0.25) is 5.91 Å². The first-order valence-corrected chi connectivity index (χ1v) is 4.93. The number of hydrogen-bond acceptors (Lipinski definition) is 3. The van der Waals surface area contributed by atoms with Crippen LogP contribution in [0.1, 0.15) is 13.8 Å². The Morgan fingerprint density at radius 1 is 1.54 bits per heavy atom. The average molecular weight is 250 g/mol. The largest absolute Gasteiger partial charge is 0.463 e. The van der Waals surface area contributed by atoms with E-state index in [1.807, 2.05) is 0 Å². The van der Waals surface area contributed by atoms with E-state index in [-0.39, 0.29) is 11.2 Å². The van der Waals surface area contributed by atoms with Crippen LogP contribution < -0.4 is 5.32 Å². The van der Waals surface area contributed by atoms with Crippen molar-refractivity contribution in [1.82, 2.24) is 5.32 Å². The van der Waals surface area contributed by atoms with E-state index in [2.05, 4.69) is 26.0 Å². The summed E-state index contributed by atoms with van der Waals surface area (Å²) in [6, 6.07) is 0. The molecule has 0 spiro atoms. The smallest absolute Gasteiger partial charge is 0.332 e. The van der Waals surface area contributed by atoms with Crippen LogP contribution in [-0.2, 0) is 14.3 Å². The minimum atomic E-state index is -0.449. The van der Waals surface area contributed by atoms with E-state index >= 15 is 0 Å². The van der Waals surface area contributed by atoms with Crippen molar-refractivity contribution < 1.29 is 14.3 Å². The summed E-state index contributed by atoms with van der Waals surface area (Å²) in [5.74, 6) is -0.645. The number of hydrogen-bond donors (Lipinski definition) is 1. The first-order valence-electron chi connectivity index (χ1n) is 3.81. The Hall–Kier alpha value is -0.840. The van der Waals surface area contributed by atoms with Crippen molar-refractivity contribution in [3.63, 3.8) is 0 Å². The lowest BCUT2D eigenvalue weighted by Crippen LogP contribution is -2.22. The Morgan fingerprint density at radius 3 is 2.62 bits per heavy atom. The highest BCUT2D eigenvalue weighted by atomic mass is 79.9. The van der Waals surface area contributed by atoms with Gasteiger partial charge >= 0.3 is 5.97 Å². The third-order valence-corrected chi connectivity index (χ3v) is 1.59. The van der Waals surface area contributed by atoms with Gasteiger partial charge in [0.25, 0.3) is 0 Å². The van der Waals surface area contributed by atoms with Crippen LogP contribution >= 0.6 is 15.9 Å². The summed E-state index contributed by atoms with van der Waals surface area (Å²) in [5.41, 5.74) is 0.475. The molecule has 1 amide bonds. The quantitative estimate of drug-likeness (QED) is 0.459. The van der Waals surface area contributed by atoms with Gasteiger partial charge in [-0.05, 0) is 13.8 Å². The second kappa shape index (κ2) is 6.65. The number of carbonyl (C=O) groups excluding carboxylic acids is 2. The third-order valence-electron chi connectivity index (χ3n) is 1.08. The molecule has 0 rings (SSSR count). The zero-order valence-corrected chi connectivity index (χ0v) is 9.18. The molecule has 0 heterocycles.